The monoisotopic (exact) mass is 143 g/mol. The summed E-state index contributed by atoms with van der Waals surface area (Å²) >= 11 is 0. The van der Waals surface area contributed by atoms with Crippen LogP contribution in [0.4, 0.5) is 0 Å². The Kier molecular flexibility index (Phi) is 3.18. The smallest absolute Gasteiger partial charge is 0.430 e. The lowest BCUT2D eigenvalue weighted by molar-refractivity contribution is 0.368. The van der Waals surface area contributed by atoms with Gasteiger partial charge in [0.2, 0.25) is 0 Å². The molecule has 2 bridgehead atoms. The molecule has 0 radical (unpaired) electrons. The first-order valence-corrected chi connectivity index (χ1v) is 3.81. The van der Waals surface area contributed by atoms with Crippen molar-refractivity contribution in [2.45, 2.75) is 12.8 Å². The summed E-state index contributed by atoms with van der Waals surface area (Å²) in [6.07, 6.45) is 2.97. The largest absolute Gasteiger partial charge is 0.432 e. The summed E-state index contributed by atoms with van der Waals surface area (Å²) in [4.78, 5) is 2.56. The molecule has 0 aromatic carbocycles. The van der Waals surface area contributed by atoms with Crippen LogP contribution in [0.3, 0.4) is 0 Å². The van der Waals surface area contributed by atoms with Crippen molar-refractivity contribution >= 4 is 7.69 Å². The molecule has 0 unspecified atom stereocenters. The van der Waals surface area contributed by atoms with Gasteiger partial charge in [-0.3, -0.25) is 0 Å². The summed E-state index contributed by atoms with van der Waals surface area (Å²) in [5.74, 6) is 1.10. The molecule has 0 spiro atoms. The van der Waals surface area contributed by atoms with Crippen molar-refractivity contribution in [3.63, 3.8) is 0 Å². The van der Waals surface area contributed by atoms with E-state index in [9.17, 15) is 0 Å². The summed E-state index contributed by atoms with van der Waals surface area (Å²) in [5, 5.41) is 14.2. The van der Waals surface area contributed by atoms with Crippen molar-refractivity contribution in [3.05, 3.63) is 0 Å². The zero-order chi connectivity index (χ0) is 7.40. The molecule has 0 amide bonds. The number of nitrogens with zero attached hydrogens (tertiary/aromatic N) is 1. The number of piperidine rings is 1. The van der Waals surface area contributed by atoms with Crippen molar-refractivity contribution in [2.75, 3.05) is 19.6 Å². The average Bonchev–Trinajstić information content (AvgIpc) is 2.49. The zero-order valence-corrected chi connectivity index (χ0v) is 6.16. The highest BCUT2D eigenvalue weighted by molar-refractivity contribution is 6.13. The third-order valence-electron chi connectivity index (χ3n) is 2.22. The van der Waals surface area contributed by atoms with Crippen molar-refractivity contribution in [3.8, 4) is 0 Å². The van der Waals surface area contributed by atoms with E-state index in [-0.39, 0.29) is 0 Å². The van der Waals surface area contributed by atoms with Crippen molar-refractivity contribution in [1.29, 1.82) is 0 Å². The van der Waals surface area contributed by atoms with E-state index >= 15 is 0 Å². The van der Waals surface area contributed by atoms with Gasteiger partial charge in [0.05, 0.1) is 0 Å². The van der Waals surface area contributed by atoms with Gasteiger partial charge in [-0.05, 0) is 31.8 Å². The van der Waals surface area contributed by atoms with Crippen LogP contribution in [-0.2, 0) is 0 Å². The SMILES string of the molecule is C1CN2CCC1C2.OBO. The summed E-state index contributed by atoms with van der Waals surface area (Å²) < 4.78 is 0. The number of fused-ring (bicyclic) bond motifs is 2. The predicted octanol–water partition coefficient (Wildman–Crippen LogP) is -1.05. The van der Waals surface area contributed by atoms with Gasteiger partial charge in [0.1, 0.15) is 0 Å². The quantitative estimate of drug-likeness (QED) is 0.425. The molecule has 0 aliphatic carbocycles. The van der Waals surface area contributed by atoms with Crippen molar-refractivity contribution in [1.82, 2.24) is 4.90 Å². The Morgan fingerprint density at radius 3 is 1.80 bits per heavy atom. The third-order valence-corrected chi connectivity index (χ3v) is 2.22. The van der Waals surface area contributed by atoms with Crippen LogP contribution in [0.2, 0.25) is 0 Å². The molecule has 2 aliphatic rings. The summed E-state index contributed by atoms with van der Waals surface area (Å²) in [6, 6.07) is 0. The summed E-state index contributed by atoms with van der Waals surface area (Å²) in [7, 11) is -0.750. The van der Waals surface area contributed by atoms with Crippen LogP contribution in [0.25, 0.3) is 0 Å². The minimum atomic E-state index is -0.750. The van der Waals surface area contributed by atoms with Crippen LogP contribution in [0, 0.1) is 5.92 Å². The van der Waals surface area contributed by atoms with Gasteiger partial charge >= 0.3 is 7.69 Å². The maximum absolute atomic E-state index is 7.12. The Balaban J connectivity index is 0.000000148. The normalized spacial score (nSPS) is 35.0. The second-order valence-corrected chi connectivity index (χ2v) is 2.89. The minimum Gasteiger partial charge on any atom is -0.430 e. The lowest BCUT2D eigenvalue weighted by Gasteiger charge is -2.09. The van der Waals surface area contributed by atoms with E-state index in [1.165, 1.54) is 32.5 Å². The number of hydrogen-bond donors (Lipinski definition) is 2. The Hall–Kier alpha value is -0.0551. The van der Waals surface area contributed by atoms with Crippen LogP contribution in [-0.4, -0.2) is 42.3 Å². The van der Waals surface area contributed by atoms with Gasteiger partial charge in [-0.2, -0.15) is 0 Å². The van der Waals surface area contributed by atoms with Crippen LogP contribution in [0.5, 0.6) is 0 Å². The van der Waals surface area contributed by atoms with Crippen LogP contribution in [0.1, 0.15) is 12.8 Å². The van der Waals surface area contributed by atoms with Crippen LogP contribution in [0.15, 0.2) is 0 Å². The van der Waals surface area contributed by atoms with Gasteiger partial charge in [0, 0.05) is 6.54 Å². The lowest BCUT2D eigenvalue weighted by Crippen LogP contribution is -2.15. The summed E-state index contributed by atoms with van der Waals surface area (Å²) in [5.41, 5.74) is 0. The van der Waals surface area contributed by atoms with Gasteiger partial charge in [-0.25, -0.2) is 0 Å². The van der Waals surface area contributed by atoms with E-state index in [0.717, 1.165) is 5.92 Å². The highest BCUT2D eigenvalue weighted by Crippen LogP contribution is 2.26. The minimum absolute atomic E-state index is 0.750. The fourth-order valence-corrected chi connectivity index (χ4v) is 1.72. The van der Waals surface area contributed by atoms with Gasteiger partial charge < -0.3 is 14.9 Å². The van der Waals surface area contributed by atoms with Gasteiger partial charge in [0.15, 0.2) is 0 Å². The predicted molar refractivity (Wildman–Crippen MR) is 40.8 cm³/mol. The number of hydrogen-bond acceptors (Lipinski definition) is 3. The molecular formula is C6H14BNO2. The fraction of sp³-hybridized carbons (Fsp3) is 1.00. The number of rotatable bonds is 0. The first-order valence-electron chi connectivity index (χ1n) is 3.81. The highest BCUT2D eigenvalue weighted by atomic mass is 16.4. The van der Waals surface area contributed by atoms with E-state index in [4.69, 9.17) is 10.0 Å². The molecule has 0 aromatic heterocycles. The Morgan fingerprint density at radius 2 is 1.70 bits per heavy atom. The molecule has 2 N–H and O–H groups in total. The molecule has 2 aliphatic heterocycles. The molecule has 2 rings (SSSR count). The van der Waals surface area contributed by atoms with E-state index in [1.54, 1.807) is 0 Å². The Morgan fingerprint density at radius 1 is 1.20 bits per heavy atom. The van der Waals surface area contributed by atoms with E-state index in [0.29, 0.717) is 0 Å². The Labute approximate surface area is 62.0 Å². The zero-order valence-electron chi connectivity index (χ0n) is 6.16. The standard InChI is InChI=1S/C6H11N.BH3O2/c1-3-7-4-2-6(1)5-7;2-1-3/h6H,1-5H2;1-3H. The highest BCUT2D eigenvalue weighted by Gasteiger charge is 2.28. The van der Waals surface area contributed by atoms with Crippen molar-refractivity contribution in [2.24, 2.45) is 5.92 Å². The van der Waals surface area contributed by atoms with E-state index < -0.39 is 7.69 Å². The molecule has 2 heterocycles. The maximum atomic E-state index is 7.12. The first kappa shape index (κ1) is 8.05. The fourth-order valence-electron chi connectivity index (χ4n) is 1.72. The molecule has 10 heavy (non-hydrogen) atoms. The molecule has 3 nitrogen and oxygen atoms in total. The molecule has 2 fully saturated rings. The first-order chi connectivity index (χ1) is 4.86. The second-order valence-electron chi connectivity index (χ2n) is 2.89. The van der Waals surface area contributed by atoms with E-state index in [1.807, 2.05) is 0 Å². The maximum Gasteiger partial charge on any atom is 0.432 e. The average molecular weight is 143 g/mol. The molecular weight excluding hydrogens is 129 g/mol. The third kappa shape index (κ3) is 1.97. The van der Waals surface area contributed by atoms with Crippen molar-refractivity contribution < 1.29 is 10.0 Å². The van der Waals surface area contributed by atoms with Gasteiger partial charge in [-0.15, -0.1) is 0 Å². The molecule has 4 heteroatoms. The van der Waals surface area contributed by atoms with E-state index in [2.05, 4.69) is 4.90 Å². The molecule has 2 saturated heterocycles. The molecule has 0 atom stereocenters. The molecule has 0 saturated carbocycles. The van der Waals surface area contributed by atoms with Gasteiger partial charge in [-0.1, -0.05) is 0 Å². The second kappa shape index (κ2) is 3.96. The summed E-state index contributed by atoms with van der Waals surface area (Å²) in [6.45, 7) is 4.20. The molecule has 0 aromatic rings. The topological polar surface area (TPSA) is 43.7 Å². The Bertz CT molecular complexity index is 83.7. The van der Waals surface area contributed by atoms with Gasteiger partial charge in [0.25, 0.3) is 0 Å². The van der Waals surface area contributed by atoms with Crippen LogP contribution >= 0.6 is 0 Å². The molecule has 58 valence electrons. The van der Waals surface area contributed by atoms with Crippen LogP contribution < -0.4 is 0 Å². The lowest BCUT2D eigenvalue weighted by atomic mass is 10.1.